The third-order valence-corrected chi connectivity index (χ3v) is 8.85. The molecule has 3 aliphatic heterocycles. The Morgan fingerprint density at radius 1 is 1.25 bits per heavy atom. The van der Waals surface area contributed by atoms with Gasteiger partial charge in [0.25, 0.3) is 0 Å². The summed E-state index contributed by atoms with van der Waals surface area (Å²) in [7, 11) is -4.44. The summed E-state index contributed by atoms with van der Waals surface area (Å²) in [6.07, 6.45) is -1.67. The molecule has 1 fully saturated rings. The van der Waals surface area contributed by atoms with Gasteiger partial charge < -0.3 is 40.1 Å². The minimum absolute atomic E-state index is 0.00632. The average Bonchev–Trinajstić information content (AvgIpc) is 3.20. The zero-order chi connectivity index (χ0) is 24.1. The molecule has 0 aromatic rings. The smallest absolute Gasteiger partial charge is 0.359 e. The van der Waals surface area contributed by atoms with E-state index in [9.17, 15) is 29.6 Å². The number of aliphatic hydroxyl groups is 3. The van der Waals surface area contributed by atoms with Crippen LogP contribution in [0.3, 0.4) is 0 Å². The number of fused-ring (bicyclic) bond motifs is 1. The number of nitrogens with zero attached hydrogens (tertiary/aromatic N) is 1. The molecular weight excluding hydrogens is 441 g/mol. The van der Waals surface area contributed by atoms with E-state index in [4.69, 9.17) is 9.26 Å². The molecule has 6 N–H and O–H groups in total. The van der Waals surface area contributed by atoms with Crippen LogP contribution < -0.4 is 10.6 Å². The number of carbonyl (C=O) groups is 1. The first kappa shape index (κ1) is 25.2. The molecule has 182 valence electrons. The van der Waals surface area contributed by atoms with E-state index in [0.717, 1.165) is 11.1 Å². The highest BCUT2D eigenvalue weighted by atomic mass is 31.2. The van der Waals surface area contributed by atoms with Gasteiger partial charge in [0.15, 0.2) is 11.6 Å². The Labute approximate surface area is 187 Å². The molecule has 0 radical (unpaired) electrons. The Hall–Kier alpha value is -1.46. The summed E-state index contributed by atoms with van der Waals surface area (Å²) in [4.78, 5) is 24.1. The maximum atomic E-state index is 12.7. The molecule has 8 atom stereocenters. The van der Waals surface area contributed by atoms with Crippen LogP contribution in [0.4, 0.5) is 4.79 Å². The Balaban J connectivity index is 1.78. The van der Waals surface area contributed by atoms with Crippen LogP contribution in [0.5, 0.6) is 0 Å². The van der Waals surface area contributed by atoms with Crippen molar-refractivity contribution in [3.05, 3.63) is 23.5 Å². The molecule has 2 amide bonds. The number of hydrogen-bond donors (Lipinski definition) is 6. The fourth-order valence-electron chi connectivity index (χ4n) is 3.90. The van der Waals surface area contributed by atoms with Gasteiger partial charge in [0.2, 0.25) is 0 Å². The monoisotopic (exact) mass is 475 g/mol. The van der Waals surface area contributed by atoms with Gasteiger partial charge in [-0.3, -0.25) is 9.46 Å². The quantitative estimate of drug-likeness (QED) is 0.282. The standard InChI is InChI=1S/C20H34N3O8P/c1-6-19(4,31-32(28,29)20(5,27)7-2)8-13-14(24)15(25)17(30-13)23-10-12-11(3)9-21-16(12)22-18(23)26/h9-10,13-17,21,24-25,27H,6-8H2,1-5H3,(H,22,26)(H,28,29). The second-order valence-electron chi connectivity index (χ2n) is 9.10. The van der Waals surface area contributed by atoms with Crippen molar-refractivity contribution in [3.8, 4) is 0 Å². The second kappa shape index (κ2) is 8.72. The number of amides is 2. The molecule has 32 heavy (non-hydrogen) atoms. The highest BCUT2D eigenvalue weighted by Gasteiger charge is 2.52. The largest absolute Gasteiger partial charge is 0.388 e. The van der Waals surface area contributed by atoms with Gasteiger partial charge in [0.05, 0.1) is 11.7 Å². The van der Waals surface area contributed by atoms with Crippen LogP contribution in [-0.2, 0) is 13.8 Å². The predicted octanol–water partition coefficient (Wildman–Crippen LogP) is 1.05. The lowest BCUT2D eigenvalue weighted by atomic mass is 9.93. The molecule has 3 aliphatic rings. The third kappa shape index (κ3) is 4.48. The first-order valence-corrected chi connectivity index (χ1v) is 12.3. The Morgan fingerprint density at radius 3 is 2.50 bits per heavy atom. The summed E-state index contributed by atoms with van der Waals surface area (Å²) in [5.74, 6) is 0. The van der Waals surface area contributed by atoms with E-state index in [-0.39, 0.29) is 25.4 Å². The van der Waals surface area contributed by atoms with Crippen molar-refractivity contribution in [1.82, 2.24) is 15.5 Å². The number of rotatable bonds is 8. The highest BCUT2D eigenvalue weighted by Crippen LogP contribution is 2.59. The number of hydrogen-bond acceptors (Lipinski definition) is 8. The van der Waals surface area contributed by atoms with Crippen LogP contribution in [0.1, 0.15) is 53.9 Å². The number of aliphatic hydroxyl groups excluding tert-OH is 2. The lowest BCUT2D eigenvalue weighted by Crippen LogP contribution is -2.56. The summed E-state index contributed by atoms with van der Waals surface area (Å²) in [6.45, 7) is 7.99. The third-order valence-electron chi connectivity index (χ3n) is 6.63. The van der Waals surface area contributed by atoms with Crippen molar-refractivity contribution in [2.45, 2.75) is 95.5 Å². The van der Waals surface area contributed by atoms with Crippen molar-refractivity contribution in [1.29, 1.82) is 0 Å². The number of ether oxygens (including phenoxy) is 1. The summed E-state index contributed by atoms with van der Waals surface area (Å²) < 4.78 is 24.1. The summed E-state index contributed by atoms with van der Waals surface area (Å²) in [6, 6.07) is -0.500. The van der Waals surface area contributed by atoms with Crippen LogP contribution in [0, 0.1) is 0 Å². The molecule has 3 rings (SSSR count). The summed E-state index contributed by atoms with van der Waals surface area (Å²) >= 11 is 0. The molecular formula is C20H34N3O8P. The van der Waals surface area contributed by atoms with Gasteiger partial charge in [0.1, 0.15) is 18.4 Å². The molecule has 0 spiro atoms. The molecule has 0 aromatic heterocycles. The molecule has 0 aromatic carbocycles. The summed E-state index contributed by atoms with van der Waals surface area (Å²) in [5.41, 5.74) is 0.479. The zero-order valence-electron chi connectivity index (χ0n) is 19.0. The lowest BCUT2D eigenvalue weighted by Gasteiger charge is -2.37. The molecule has 8 unspecified atom stereocenters. The van der Waals surface area contributed by atoms with Crippen molar-refractivity contribution < 1.29 is 38.8 Å². The van der Waals surface area contributed by atoms with Gasteiger partial charge in [-0.1, -0.05) is 13.8 Å². The molecule has 0 aliphatic carbocycles. The highest BCUT2D eigenvalue weighted by molar-refractivity contribution is 7.54. The van der Waals surface area contributed by atoms with E-state index >= 15 is 0 Å². The number of urea groups is 1. The van der Waals surface area contributed by atoms with Gasteiger partial charge in [-0.25, -0.2) is 4.79 Å². The molecule has 12 heteroatoms. The fourth-order valence-corrected chi connectivity index (χ4v) is 5.29. The van der Waals surface area contributed by atoms with Gasteiger partial charge in [-0.15, -0.1) is 0 Å². The fraction of sp³-hybridized carbons (Fsp3) is 0.750. The van der Waals surface area contributed by atoms with Crippen LogP contribution in [0.15, 0.2) is 23.5 Å². The van der Waals surface area contributed by atoms with Crippen molar-refractivity contribution in [2.24, 2.45) is 0 Å². The minimum Gasteiger partial charge on any atom is -0.388 e. The maximum Gasteiger partial charge on any atom is 0.359 e. The van der Waals surface area contributed by atoms with E-state index in [2.05, 4.69) is 10.6 Å². The molecule has 0 bridgehead atoms. The SMILES string of the molecule is CCC(C)(CC1OC(N2C=C3C(C)=CNC3NC2=O)C(O)C1O)OP(=O)(O)C(C)(O)CC. The van der Waals surface area contributed by atoms with Crippen LogP contribution in [0.25, 0.3) is 0 Å². The van der Waals surface area contributed by atoms with E-state index in [1.807, 2.05) is 6.92 Å². The van der Waals surface area contributed by atoms with E-state index < -0.39 is 49.1 Å². The first-order chi connectivity index (χ1) is 14.7. The predicted molar refractivity (Wildman–Crippen MR) is 115 cm³/mol. The lowest BCUT2D eigenvalue weighted by molar-refractivity contribution is -0.0786. The zero-order valence-corrected chi connectivity index (χ0v) is 19.9. The minimum atomic E-state index is -4.44. The average molecular weight is 475 g/mol. The van der Waals surface area contributed by atoms with Gasteiger partial charge in [-0.05, 0) is 39.2 Å². The Morgan fingerprint density at radius 2 is 1.91 bits per heavy atom. The van der Waals surface area contributed by atoms with Gasteiger partial charge in [0, 0.05) is 24.4 Å². The Bertz CT molecular complexity index is 862. The van der Waals surface area contributed by atoms with Crippen LogP contribution in [0.2, 0.25) is 0 Å². The van der Waals surface area contributed by atoms with Crippen molar-refractivity contribution in [3.63, 3.8) is 0 Å². The van der Waals surface area contributed by atoms with Gasteiger partial charge in [-0.2, -0.15) is 0 Å². The van der Waals surface area contributed by atoms with E-state index in [1.54, 1.807) is 33.2 Å². The number of nitrogens with one attached hydrogen (secondary N) is 2. The van der Waals surface area contributed by atoms with E-state index in [0.29, 0.717) is 0 Å². The van der Waals surface area contributed by atoms with E-state index in [1.165, 1.54) is 11.8 Å². The van der Waals surface area contributed by atoms with Crippen molar-refractivity contribution in [2.75, 3.05) is 0 Å². The molecule has 11 nitrogen and oxygen atoms in total. The molecule has 0 saturated carbocycles. The molecule has 3 heterocycles. The molecule has 1 saturated heterocycles. The topological polar surface area (TPSA) is 161 Å². The maximum absolute atomic E-state index is 12.7. The van der Waals surface area contributed by atoms with Crippen LogP contribution >= 0.6 is 7.60 Å². The van der Waals surface area contributed by atoms with Crippen molar-refractivity contribution >= 4 is 13.6 Å². The van der Waals surface area contributed by atoms with Gasteiger partial charge >= 0.3 is 13.6 Å². The summed E-state index contributed by atoms with van der Waals surface area (Å²) in [5, 5.41) is 35.4. The second-order valence-corrected chi connectivity index (χ2v) is 11.3. The normalized spacial score (nSPS) is 35.6. The van der Waals surface area contributed by atoms with Crippen LogP contribution in [-0.4, -0.2) is 72.8 Å². The number of carbonyl (C=O) groups excluding carboxylic acids is 1. The Kier molecular flexibility index (Phi) is 6.86. The first-order valence-electron chi connectivity index (χ1n) is 10.8.